The standard InChI is InChI=1S/C28H32F3N3O2/c1-34(2)25(18-10-20-6-4-3-5-7-20)22-12-8-21(9-13-22)11-19-26-32-27(33-36-26)23-14-16-24(17-15-23)35-28(29,30)31/h3-7,11,14-17,19,21-22,25H,8-10,12-13,18H2,1-2H3/b19-11+. The third-order valence-electron chi connectivity index (χ3n) is 6.89. The number of nitrogens with zero attached hydrogens (tertiary/aromatic N) is 3. The maximum atomic E-state index is 12.3. The van der Waals surface area contributed by atoms with Crippen LogP contribution >= 0.6 is 0 Å². The number of halogens is 3. The fourth-order valence-corrected chi connectivity index (χ4v) is 5.04. The third-order valence-corrected chi connectivity index (χ3v) is 6.89. The van der Waals surface area contributed by atoms with Gasteiger partial charge in [-0.05, 0) is 100 Å². The third kappa shape index (κ3) is 7.43. The van der Waals surface area contributed by atoms with Gasteiger partial charge in [-0.25, -0.2) is 0 Å². The highest BCUT2D eigenvalue weighted by molar-refractivity contribution is 5.56. The summed E-state index contributed by atoms with van der Waals surface area (Å²) in [6, 6.07) is 16.7. The van der Waals surface area contributed by atoms with Crippen molar-refractivity contribution in [3.63, 3.8) is 0 Å². The molecule has 4 rings (SSSR count). The Morgan fingerprint density at radius 3 is 2.36 bits per heavy atom. The van der Waals surface area contributed by atoms with E-state index in [0.717, 1.165) is 25.7 Å². The van der Waals surface area contributed by atoms with Crippen LogP contribution in [0.5, 0.6) is 5.75 Å². The second-order valence-electron chi connectivity index (χ2n) is 9.62. The van der Waals surface area contributed by atoms with E-state index < -0.39 is 6.36 Å². The molecule has 1 saturated carbocycles. The predicted molar refractivity (Wildman–Crippen MR) is 133 cm³/mol. The monoisotopic (exact) mass is 499 g/mol. The molecule has 1 heterocycles. The van der Waals surface area contributed by atoms with E-state index in [4.69, 9.17) is 4.52 Å². The molecule has 1 aromatic heterocycles. The number of hydrogen-bond acceptors (Lipinski definition) is 5. The van der Waals surface area contributed by atoms with Crippen LogP contribution in [0.3, 0.4) is 0 Å². The van der Waals surface area contributed by atoms with Crippen LogP contribution in [0, 0.1) is 11.8 Å². The lowest BCUT2D eigenvalue weighted by Gasteiger charge is -2.37. The molecule has 2 aromatic carbocycles. The highest BCUT2D eigenvalue weighted by Crippen LogP contribution is 2.35. The fraction of sp³-hybridized carbons (Fsp3) is 0.429. The van der Waals surface area contributed by atoms with Crippen LogP contribution in [0.2, 0.25) is 0 Å². The Morgan fingerprint density at radius 2 is 1.72 bits per heavy atom. The van der Waals surface area contributed by atoms with Gasteiger partial charge in [0.15, 0.2) is 0 Å². The second-order valence-corrected chi connectivity index (χ2v) is 9.62. The molecule has 5 nitrogen and oxygen atoms in total. The summed E-state index contributed by atoms with van der Waals surface area (Å²) in [5.74, 6) is 1.57. The first-order chi connectivity index (χ1) is 17.3. The van der Waals surface area contributed by atoms with E-state index >= 15 is 0 Å². The Hall–Kier alpha value is -3.13. The topological polar surface area (TPSA) is 51.4 Å². The van der Waals surface area contributed by atoms with Crippen molar-refractivity contribution in [3.8, 4) is 17.1 Å². The van der Waals surface area contributed by atoms with Crippen LogP contribution in [-0.2, 0) is 6.42 Å². The molecule has 8 heteroatoms. The van der Waals surface area contributed by atoms with E-state index in [1.165, 1.54) is 42.7 Å². The molecule has 0 amide bonds. The molecular formula is C28H32F3N3O2. The summed E-state index contributed by atoms with van der Waals surface area (Å²) in [6.07, 6.45) is 6.15. The molecule has 0 radical (unpaired) electrons. The highest BCUT2D eigenvalue weighted by Gasteiger charge is 2.31. The zero-order valence-corrected chi connectivity index (χ0v) is 20.6. The molecule has 1 aliphatic rings. The lowest BCUT2D eigenvalue weighted by atomic mass is 9.76. The Bertz CT molecular complexity index is 1100. The van der Waals surface area contributed by atoms with Gasteiger partial charge in [-0.15, -0.1) is 13.2 Å². The molecule has 0 spiro atoms. The average molecular weight is 500 g/mol. The highest BCUT2D eigenvalue weighted by atomic mass is 19.4. The van der Waals surface area contributed by atoms with Gasteiger partial charge in [-0.1, -0.05) is 41.6 Å². The van der Waals surface area contributed by atoms with Gasteiger partial charge in [-0.3, -0.25) is 0 Å². The SMILES string of the molecule is CN(C)C(CCc1ccccc1)C1CCC(/C=C/c2nc(-c3ccc(OC(F)(F)F)cc3)no2)CC1. The number of rotatable bonds is 9. The quantitative estimate of drug-likeness (QED) is 0.317. The maximum Gasteiger partial charge on any atom is 0.573 e. The van der Waals surface area contributed by atoms with Crippen molar-refractivity contribution in [2.75, 3.05) is 14.1 Å². The summed E-state index contributed by atoms with van der Waals surface area (Å²) in [6.45, 7) is 0. The second kappa shape index (κ2) is 11.7. The fourth-order valence-electron chi connectivity index (χ4n) is 5.04. The zero-order chi connectivity index (χ0) is 25.5. The number of benzene rings is 2. The van der Waals surface area contributed by atoms with Crippen molar-refractivity contribution in [1.82, 2.24) is 15.0 Å². The molecule has 1 aliphatic carbocycles. The minimum atomic E-state index is -4.72. The first-order valence-corrected chi connectivity index (χ1v) is 12.4. The van der Waals surface area contributed by atoms with Gasteiger partial charge in [0.1, 0.15) is 5.75 Å². The zero-order valence-electron chi connectivity index (χ0n) is 20.6. The van der Waals surface area contributed by atoms with E-state index in [-0.39, 0.29) is 5.75 Å². The van der Waals surface area contributed by atoms with Crippen molar-refractivity contribution in [3.05, 3.63) is 72.1 Å². The van der Waals surface area contributed by atoms with Gasteiger partial charge in [-0.2, -0.15) is 4.98 Å². The van der Waals surface area contributed by atoms with Crippen molar-refractivity contribution in [2.24, 2.45) is 11.8 Å². The Kier molecular flexibility index (Phi) is 8.46. The Labute approximate surface area is 210 Å². The summed E-state index contributed by atoms with van der Waals surface area (Å²) in [5.41, 5.74) is 1.95. The van der Waals surface area contributed by atoms with E-state index in [2.05, 4.69) is 70.3 Å². The van der Waals surface area contributed by atoms with E-state index in [0.29, 0.717) is 35.2 Å². The van der Waals surface area contributed by atoms with Crippen LogP contribution in [0.15, 0.2) is 65.2 Å². The van der Waals surface area contributed by atoms with E-state index in [1.54, 1.807) is 0 Å². The molecule has 36 heavy (non-hydrogen) atoms. The van der Waals surface area contributed by atoms with Crippen LogP contribution in [0.1, 0.15) is 43.6 Å². The van der Waals surface area contributed by atoms with E-state index in [1.807, 2.05) is 6.08 Å². The molecule has 192 valence electrons. The minimum Gasteiger partial charge on any atom is -0.406 e. The number of allylic oxidation sites excluding steroid dienone is 1. The molecule has 0 N–H and O–H groups in total. The molecule has 1 atom stereocenters. The van der Waals surface area contributed by atoms with E-state index in [9.17, 15) is 13.2 Å². The van der Waals surface area contributed by atoms with Crippen molar-refractivity contribution >= 4 is 6.08 Å². The summed E-state index contributed by atoms with van der Waals surface area (Å²) < 4.78 is 46.2. The van der Waals surface area contributed by atoms with Gasteiger partial charge < -0.3 is 14.2 Å². The van der Waals surface area contributed by atoms with Gasteiger partial charge in [0.2, 0.25) is 5.82 Å². The Balaban J connectivity index is 1.28. The van der Waals surface area contributed by atoms with Gasteiger partial charge >= 0.3 is 6.36 Å². The first-order valence-electron chi connectivity index (χ1n) is 12.4. The van der Waals surface area contributed by atoms with Gasteiger partial charge in [0.05, 0.1) is 0 Å². The maximum absolute atomic E-state index is 12.3. The average Bonchev–Trinajstić information content (AvgIpc) is 3.33. The molecule has 0 saturated heterocycles. The molecule has 3 aromatic rings. The smallest absolute Gasteiger partial charge is 0.406 e. The molecule has 1 unspecified atom stereocenters. The predicted octanol–water partition coefficient (Wildman–Crippen LogP) is 7.02. The van der Waals surface area contributed by atoms with Crippen molar-refractivity contribution in [2.45, 2.75) is 50.9 Å². The minimum absolute atomic E-state index is 0.290. The summed E-state index contributed by atoms with van der Waals surface area (Å²) in [5, 5.41) is 3.95. The summed E-state index contributed by atoms with van der Waals surface area (Å²) >= 11 is 0. The normalized spacial score (nSPS) is 19.6. The summed E-state index contributed by atoms with van der Waals surface area (Å²) in [7, 11) is 4.37. The number of aryl methyl sites for hydroxylation is 1. The molecule has 1 fully saturated rings. The lowest BCUT2D eigenvalue weighted by molar-refractivity contribution is -0.274. The number of alkyl halides is 3. The van der Waals surface area contributed by atoms with Crippen molar-refractivity contribution in [1.29, 1.82) is 0 Å². The van der Waals surface area contributed by atoms with Crippen molar-refractivity contribution < 1.29 is 22.4 Å². The Morgan fingerprint density at radius 1 is 1.03 bits per heavy atom. The summed E-state index contributed by atoms with van der Waals surface area (Å²) in [4.78, 5) is 6.73. The lowest BCUT2D eigenvalue weighted by Crippen LogP contribution is -2.37. The van der Waals surface area contributed by atoms with Crippen LogP contribution in [0.25, 0.3) is 17.5 Å². The number of ether oxygens (including phenoxy) is 1. The largest absolute Gasteiger partial charge is 0.573 e. The molecular weight excluding hydrogens is 467 g/mol. The van der Waals surface area contributed by atoms with Gasteiger partial charge in [0.25, 0.3) is 5.89 Å². The number of hydrogen-bond donors (Lipinski definition) is 0. The van der Waals surface area contributed by atoms with Gasteiger partial charge in [0, 0.05) is 11.6 Å². The first kappa shape index (κ1) is 25.9. The van der Waals surface area contributed by atoms with Crippen LogP contribution in [0.4, 0.5) is 13.2 Å². The number of aromatic nitrogens is 2. The molecule has 0 aliphatic heterocycles. The van der Waals surface area contributed by atoms with Crippen LogP contribution in [-0.4, -0.2) is 41.5 Å². The molecule has 0 bridgehead atoms. The van der Waals surface area contributed by atoms with Crippen LogP contribution < -0.4 is 4.74 Å².